The molecule has 1 atom stereocenters. The van der Waals surface area contributed by atoms with E-state index in [1.807, 2.05) is 49.4 Å². The molecular weight excluding hydrogens is 328 g/mol. The van der Waals surface area contributed by atoms with Gasteiger partial charge in [-0.15, -0.1) is 0 Å². The molecule has 1 aromatic carbocycles. The van der Waals surface area contributed by atoms with Crippen LogP contribution in [-0.2, 0) is 16.0 Å². The molecule has 1 aliphatic heterocycles. The van der Waals surface area contributed by atoms with Crippen molar-refractivity contribution in [2.45, 2.75) is 25.9 Å². The molecule has 1 aliphatic rings. The van der Waals surface area contributed by atoms with Crippen molar-refractivity contribution in [1.29, 1.82) is 0 Å². The minimum Gasteiger partial charge on any atom is -0.373 e. The first-order valence-corrected chi connectivity index (χ1v) is 8.68. The zero-order valence-corrected chi connectivity index (χ0v) is 14.6. The normalized spacial score (nSPS) is 16.1. The molecule has 4 rings (SSSR count). The Balaban J connectivity index is 1.52. The van der Waals surface area contributed by atoms with E-state index in [2.05, 4.69) is 21.5 Å². The van der Waals surface area contributed by atoms with Gasteiger partial charge in [0.2, 0.25) is 5.91 Å². The third-order valence-corrected chi connectivity index (χ3v) is 4.43. The van der Waals surface area contributed by atoms with Crippen LogP contribution >= 0.6 is 0 Å². The molecule has 6 nitrogen and oxygen atoms in total. The molecule has 0 radical (unpaired) electrons. The molecule has 0 spiro atoms. The van der Waals surface area contributed by atoms with Gasteiger partial charge < -0.3 is 10.1 Å². The standard InChI is InChI=1S/C20H20N4O2/c1-14-12-19(24(23-14)18-8-4-5-10-21-18)22-20(25)13-17-16-7-3-2-6-15(16)9-11-26-17/h2-8,10,12,17H,9,11,13H2,1H3,(H,22,25)/t17-/m1/s1. The fourth-order valence-corrected chi connectivity index (χ4v) is 3.25. The molecule has 1 N–H and O–H groups in total. The number of nitrogens with zero attached hydrogens (tertiary/aromatic N) is 3. The van der Waals surface area contributed by atoms with Crippen LogP contribution in [0.15, 0.2) is 54.7 Å². The number of fused-ring (bicyclic) bond motifs is 1. The lowest BCUT2D eigenvalue weighted by molar-refractivity contribution is -0.119. The first kappa shape index (κ1) is 16.5. The number of nitrogens with one attached hydrogen (secondary N) is 1. The van der Waals surface area contributed by atoms with Gasteiger partial charge in [-0.3, -0.25) is 4.79 Å². The highest BCUT2D eigenvalue weighted by Crippen LogP contribution is 2.29. The summed E-state index contributed by atoms with van der Waals surface area (Å²) < 4.78 is 7.48. The highest BCUT2D eigenvalue weighted by molar-refractivity contribution is 5.90. The summed E-state index contributed by atoms with van der Waals surface area (Å²) in [5, 5.41) is 7.37. The van der Waals surface area contributed by atoms with E-state index in [0.717, 1.165) is 17.7 Å². The van der Waals surface area contributed by atoms with Gasteiger partial charge in [0.15, 0.2) is 5.82 Å². The Kier molecular flexibility index (Phi) is 4.50. The van der Waals surface area contributed by atoms with E-state index < -0.39 is 0 Å². The van der Waals surface area contributed by atoms with E-state index in [9.17, 15) is 4.79 Å². The molecule has 0 bridgehead atoms. The SMILES string of the molecule is Cc1cc(NC(=O)C[C@H]2OCCc3ccccc32)n(-c2ccccn2)n1. The number of hydrogen-bond donors (Lipinski definition) is 1. The molecule has 0 unspecified atom stereocenters. The lowest BCUT2D eigenvalue weighted by Gasteiger charge is -2.25. The first-order valence-electron chi connectivity index (χ1n) is 8.68. The summed E-state index contributed by atoms with van der Waals surface area (Å²) in [5.41, 5.74) is 3.17. The van der Waals surface area contributed by atoms with Gasteiger partial charge in [-0.1, -0.05) is 30.3 Å². The summed E-state index contributed by atoms with van der Waals surface area (Å²) in [6.07, 6.45) is 2.64. The topological polar surface area (TPSA) is 69.0 Å². The lowest BCUT2D eigenvalue weighted by Crippen LogP contribution is -2.23. The molecule has 3 aromatic rings. The summed E-state index contributed by atoms with van der Waals surface area (Å²) in [6, 6.07) is 15.6. The van der Waals surface area contributed by atoms with Crippen LogP contribution in [0.2, 0.25) is 0 Å². The summed E-state index contributed by atoms with van der Waals surface area (Å²) in [6.45, 7) is 2.52. The van der Waals surface area contributed by atoms with Crippen molar-refractivity contribution in [3.63, 3.8) is 0 Å². The molecule has 132 valence electrons. The number of amides is 1. The van der Waals surface area contributed by atoms with Crippen LogP contribution < -0.4 is 5.32 Å². The minimum atomic E-state index is -0.215. The Morgan fingerprint density at radius 2 is 2.12 bits per heavy atom. The van der Waals surface area contributed by atoms with Crippen molar-refractivity contribution in [3.05, 3.63) is 71.5 Å². The van der Waals surface area contributed by atoms with Crippen molar-refractivity contribution < 1.29 is 9.53 Å². The van der Waals surface area contributed by atoms with Crippen molar-refractivity contribution in [1.82, 2.24) is 14.8 Å². The third-order valence-electron chi connectivity index (χ3n) is 4.43. The number of ether oxygens (including phenoxy) is 1. The molecule has 3 heterocycles. The first-order chi connectivity index (χ1) is 12.7. The Morgan fingerprint density at radius 1 is 1.27 bits per heavy atom. The number of pyridine rings is 1. The second kappa shape index (κ2) is 7.09. The van der Waals surface area contributed by atoms with Gasteiger partial charge in [-0.2, -0.15) is 9.78 Å². The highest BCUT2D eigenvalue weighted by Gasteiger charge is 2.23. The maximum absolute atomic E-state index is 12.6. The molecular formula is C20H20N4O2. The quantitative estimate of drug-likeness (QED) is 0.786. The maximum Gasteiger partial charge on any atom is 0.228 e. The lowest BCUT2D eigenvalue weighted by atomic mass is 9.96. The number of aryl methyl sites for hydroxylation is 1. The van der Waals surface area contributed by atoms with Crippen molar-refractivity contribution in [3.8, 4) is 5.82 Å². The molecule has 2 aromatic heterocycles. The summed E-state index contributed by atoms with van der Waals surface area (Å²) in [4.78, 5) is 16.9. The van der Waals surface area contributed by atoms with Crippen LogP contribution in [-0.4, -0.2) is 27.3 Å². The zero-order valence-electron chi connectivity index (χ0n) is 14.6. The number of carbonyl (C=O) groups is 1. The van der Waals surface area contributed by atoms with Gasteiger partial charge in [0.1, 0.15) is 5.82 Å². The smallest absolute Gasteiger partial charge is 0.228 e. The second-order valence-corrected chi connectivity index (χ2v) is 6.33. The van der Waals surface area contributed by atoms with E-state index >= 15 is 0 Å². The van der Waals surface area contributed by atoms with Crippen LogP contribution in [0.3, 0.4) is 0 Å². The van der Waals surface area contributed by atoms with Gasteiger partial charge in [-0.25, -0.2) is 4.98 Å². The van der Waals surface area contributed by atoms with E-state index in [1.54, 1.807) is 10.9 Å². The summed E-state index contributed by atoms with van der Waals surface area (Å²) >= 11 is 0. The van der Waals surface area contributed by atoms with E-state index in [4.69, 9.17) is 4.74 Å². The molecule has 0 saturated carbocycles. The monoisotopic (exact) mass is 348 g/mol. The highest BCUT2D eigenvalue weighted by atomic mass is 16.5. The number of anilines is 1. The number of rotatable bonds is 4. The Bertz CT molecular complexity index is 921. The fourth-order valence-electron chi connectivity index (χ4n) is 3.25. The number of aromatic nitrogens is 3. The third kappa shape index (κ3) is 3.36. The Hall–Kier alpha value is -2.99. The Morgan fingerprint density at radius 3 is 2.96 bits per heavy atom. The predicted molar refractivity (Wildman–Crippen MR) is 98.2 cm³/mol. The van der Waals surface area contributed by atoms with E-state index in [-0.39, 0.29) is 18.4 Å². The average molecular weight is 348 g/mol. The number of carbonyl (C=O) groups excluding carboxylic acids is 1. The van der Waals surface area contributed by atoms with Crippen molar-refractivity contribution >= 4 is 11.7 Å². The van der Waals surface area contributed by atoms with Gasteiger partial charge in [-0.05, 0) is 36.6 Å². The molecule has 26 heavy (non-hydrogen) atoms. The van der Waals surface area contributed by atoms with Crippen molar-refractivity contribution in [2.75, 3.05) is 11.9 Å². The van der Waals surface area contributed by atoms with Crippen LogP contribution in [0, 0.1) is 6.92 Å². The second-order valence-electron chi connectivity index (χ2n) is 6.33. The zero-order chi connectivity index (χ0) is 17.9. The maximum atomic E-state index is 12.6. The van der Waals surface area contributed by atoms with E-state index in [1.165, 1.54) is 5.56 Å². The van der Waals surface area contributed by atoms with Gasteiger partial charge in [0.05, 0.1) is 24.8 Å². The van der Waals surface area contributed by atoms with Crippen LogP contribution in [0.4, 0.5) is 5.82 Å². The number of benzene rings is 1. The molecule has 6 heteroatoms. The molecule has 0 fully saturated rings. The van der Waals surface area contributed by atoms with Crippen LogP contribution in [0.5, 0.6) is 0 Å². The van der Waals surface area contributed by atoms with E-state index in [0.29, 0.717) is 18.2 Å². The Labute approximate surface area is 151 Å². The fraction of sp³-hybridized carbons (Fsp3) is 0.250. The summed E-state index contributed by atoms with van der Waals surface area (Å²) in [5.74, 6) is 1.16. The molecule has 1 amide bonds. The number of hydrogen-bond acceptors (Lipinski definition) is 4. The van der Waals surface area contributed by atoms with Gasteiger partial charge in [0, 0.05) is 12.3 Å². The molecule has 0 saturated heterocycles. The van der Waals surface area contributed by atoms with Gasteiger partial charge in [0.25, 0.3) is 0 Å². The summed E-state index contributed by atoms with van der Waals surface area (Å²) in [7, 11) is 0. The largest absolute Gasteiger partial charge is 0.373 e. The van der Waals surface area contributed by atoms with Crippen molar-refractivity contribution in [2.24, 2.45) is 0 Å². The van der Waals surface area contributed by atoms with Crippen LogP contribution in [0.1, 0.15) is 29.3 Å². The predicted octanol–water partition coefficient (Wildman–Crippen LogP) is 3.22. The average Bonchev–Trinajstić information content (AvgIpc) is 3.03. The van der Waals surface area contributed by atoms with Crippen LogP contribution in [0.25, 0.3) is 5.82 Å². The van der Waals surface area contributed by atoms with Gasteiger partial charge >= 0.3 is 0 Å². The molecule has 0 aliphatic carbocycles. The minimum absolute atomic E-state index is 0.108.